The molecule has 0 radical (unpaired) electrons. The lowest BCUT2D eigenvalue weighted by atomic mass is 10.2. The lowest BCUT2D eigenvalue weighted by Gasteiger charge is -1.97. The fraction of sp³-hybridized carbons (Fsp3) is 0.571. The Morgan fingerprint density at radius 1 is 1.89 bits per heavy atom. The predicted octanol–water partition coefficient (Wildman–Crippen LogP) is 0.350. The molecular formula is C7H10O2. The molecule has 0 aliphatic carbocycles. The van der Waals surface area contributed by atoms with Crippen LogP contribution < -0.4 is 0 Å². The van der Waals surface area contributed by atoms with Gasteiger partial charge in [-0.25, -0.2) is 0 Å². The highest BCUT2D eigenvalue weighted by Gasteiger charge is 1.99. The summed E-state index contributed by atoms with van der Waals surface area (Å²) in [5.74, 6) is 2.18. The minimum absolute atomic E-state index is 0.0595. The maximum Gasteiger partial charge on any atom is 0.129 e. The summed E-state index contributed by atoms with van der Waals surface area (Å²) in [7, 11) is 0. The van der Waals surface area contributed by atoms with Crippen molar-refractivity contribution < 1.29 is 9.90 Å². The summed E-state index contributed by atoms with van der Waals surface area (Å²) in [5.41, 5.74) is 0. The highest BCUT2D eigenvalue weighted by atomic mass is 16.3. The molecule has 50 valence electrons. The van der Waals surface area contributed by atoms with E-state index in [0.29, 0.717) is 12.8 Å². The molecule has 1 unspecified atom stereocenters. The summed E-state index contributed by atoms with van der Waals surface area (Å²) in [6.45, 7) is 1.48. The second kappa shape index (κ2) is 4.11. The molecule has 2 nitrogen and oxygen atoms in total. The van der Waals surface area contributed by atoms with Crippen molar-refractivity contribution in [2.45, 2.75) is 25.9 Å². The Hall–Kier alpha value is -0.810. The number of Topliss-reactive ketones (excluding diaryl/α,β-unsaturated/α-hetero) is 1. The average Bonchev–Trinajstić information content (AvgIpc) is 1.83. The molecule has 0 amide bonds. The number of carbonyl (C=O) groups is 1. The second-order valence-corrected chi connectivity index (χ2v) is 1.92. The first-order chi connectivity index (χ1) is 4.16. The van der Waals surface area contributed by atoms with E-state index in [0.717, 1.165) is 0 Å². The van der Waals surface area contributed by atoms with E-state index in [4.69, 9.17) is 11.5 Å². The van der Waals surface area contributed by atoms with Crippen LogP contribution in [-0.4, -0.2) is 17.0 Å². The Labute approximate surface area is 54.9 Å². The van der Waals surface area contributed by atoms with E-state index in [1.807, 2.05) is 0 Å². The summed E-state index contributed by atoms with van der Waals surface area (Å²) >= 11 is 0. The number of aliphatic hydroxyl groups is 1. The minimum Gasteiger partial charge on any atom is -0.380 e. The molecule has 1 N–H and O–H groups in total. The summed E-state index contributed by atoms with van der Waals surface area (Å²) < 4.78 is 0. The first-order valence-electron chi connectivity index (χ1n) is 2.80. The highest BCUT2D eigenvalue weighted by molar-refractivity contribution is 5.75. The van der Waals surface area contributed by atoms with Gasteiger partial charge in [0.1, 0.15) is 11.9 Å². The molecule has 2 heteroatoms. The van der Waals surface area contributed by atoms with Crippen molar-refractivity contribution >= 4 is 5.78 Å². The van der Waals surface area contributed by atoms with Crippen LogP contribution in [0.15, 0.2) is 0 Å². The van der Waals surface area contributed by atoms with E-state index in [2.05, 4.69) is 5.92 Å². The third-order valence-electron chi connectivity index (χ3n) is 0.962. The number of rotatable bonds is 3. The van der Waals surface area contributed by atoms with Gasteiger partial charge in [-0.15, -0.1) is 6.42 Å². The summed E-state index contributed by atoms with van der Waals surface area (Å²) in [4.78, 5) is 10.3. The van der Waals surface area contributed by atoms with Crippen LogP contribution >= 0.6 is 0 Å². The maximum atomic E-state index is 10.3. The highest BCUT2D eigenvalue weighted by Crippen LogP contribution is 1.95. The van der Waals surface area contributed by atoms with E-state index in [-0.39, 0.29) is 5.78 Å². The van der Waals surface area contributed by atoms with Crippen molar-refractivity contribution in [2.24, 2.45) is 0 Å². The number of carbonyl (C=O) groups excluding carboxylic acids is 1. The minimum atomic E-state index is -0.756. The molecule has 0 bridgehead atoms. The van der Waals surface area contributed by atoms with Crippen LogP contribution in [0, 0.1) is 12.3 Å². The van der Waals surface area contributed by atoms with Gasteiger partial charge in [0.25, 0.3) is 0 Å². The smallest absolute Gasteiger partial charge is 0.129 e. The second-order valence-electron chi connectivity index (χ2n) is 1.92. The molecule has 0 fully saturated rings. The Balaban J connectivity index is 3.30. The average molecular weight is 126 g/mol. The lowest BCUT2D eigenvalue weighted by Crippen LogP contribution is -2.04. The Kier molecular flexibility index (Phi) is 3.74. The zero-order valence-corrected chi connectivity index (χ0v) is 5.42. The number of hydrogen-bond donors (Lipinski definition) is 1. The number of aliphatic hydroxyl groups excluding tert-OH is 1. The van der Waals surface area contributed by atoms with Crippen LogP contribution in [0.25, 0.3) is 0 Å². The third-order valence-corrected chi connectivity index (χ3v) is 0.962. The first-order valence-corrected chi connectivity index (χ1v) is 2.80. The zero-order chi connectivity index (χ0) is 7.28. The largest absolute Gasteiger partial charge is 0.380 e. The number of hydrogen-bond acceptors (Lipinski definition) is 2. The van der Waals surface area contributed by atoms with E-state index >= 15 is 0 Å². The monoisotopic (exact) mass is 126 g/mol. The van der Waals surface area contributed by atoms with Gasteiger partial charge in [0.05, 0.1) is 0 Å². The summed E-state index contributed by atoms with van der Waals surface area (Å²) in [5, 5.41) is 8.72. The van der Waals surface area contributed by atoms with Gasteiger partial charge in [0, 0.05) is 6.42 Å². The van der Waals surface area contributed by atoms with Crippen LogP contribution in [0.5, 0.6) is 0 Å². The van der Waals surface area contributed by atoms with Crippen LogP contribution in [0.3, 0.4) is 0 Å². The molecule has 0 aromatic heterocycles. The molecule has 0 saturated heterocycles. The third kappa shape index (κ3) is 5.05. The molecule has 9 heavy (non-hydrogen) atoms. The van der Waals surface area contributed by atoms with Gasteiger partial charge in [0.15, 0.2) is 0 Å². The predicted molar refractivity (Wildman–Crippen MR) is 34.8 cm³/mol. The van der Waals surface area contributed by atoms with E-state index in [1.54, 1.807) is 0 Å². The molecule has 0 heterocycles. The van der Waals surface area contributed by atoms with Gasteiger partial charge < -0.3 is 9.90 Å². The number of ketones is 1. The molecule has 0 spiro atoms. The fourth-order valence-corrected chi connectivity index (χ4v) is 0.423. The SMILES string of the molecule is C#CC(O)CCC(C)=O. The molecular weight excluding hydrogens is 116 g/mol. The standard InChI is InChI=1S/C7H10O2/c1-3-7(9)5-4-6(2)8/h1,7,9H,4-5H2,2H3. The summed E-state index contributed by atoms with van der Waals surface area (Å²) in [6.07, 6.45) is 4.84. The molecule has 0 saturated carbocycles. The molecule has 0 rings (SSSR count). The maximum absolute atomic E-state index is 10.3. The van der Waals surface area contributed by atoms with Gasteiger partial charge in [-0.3, -0.25) is 0 Å². The van der Waals surface area contributed by atoms with E-state index < -0.39 is 6.10 Å². The van der Waals surface area contributed by atoms with Crippen molar-refractivity contribution in [3.8, 4) is 12.3 Å². The molecule has 1 atom stereocenters. The Morgan fingerprint density at radius 3 is 2.78 bits per heavy atom. The van der Waals surface area contributed by atoms with E-state index in [1.165, 1.54) is 6.92 Å². The molecule has 0 aliphatic rings. The quantitative estimate of drug-likeness (QED) is 0.554. The van der Waals surface area contributed by atoms with E-state index in [9.17, 15) is 4.79 Å². The lowest BCUT2D eigenvalue weighted by molar-refractivity contribution is -0.117. The van der Waals surface area contributed by atoms with Gasteiger partial charge in [-0.05, 0) is 13.3 Å². The van der Waals surface area contributed by atoms with Gasteiger partial charge in [0.2, 0.25) is 0 Å². The van der Waals surface area contributed by atoms with Crippen molar-refractivity contribution in [1.82, 2.24) is 0 Å². The fourth-order valence-electron chi connectivity index (χ4n) is 0.423. The van der Waals surface area contributed by atoms with Gasteiger partial charge >= 0.3 is 0 Å². The van der Waals surface area contributed by atoms with Crippen LogP contribution in [0.2, 0.25) is 0 Å². The van der Waals surface area contributed by atoms with Gasteiger partial charge in [-0.2, -0.15) is 0 Å². The van der Waals surface area contributed by atoms with Crippen molar-refractivity contribution in [3.05, 3.63) is 0 Å². The van der Waals surface area contributed by atoms with Crippen molar-refractivity contribution in [1.29, 1.82) is 0 Å². The number of terminal acetylenes is 1. The summed E-state index contributed by atoms with van der Waals surface area (Å²) in [6, 6.07) is 0. The Morgan fingerprint density at radius 2 is 2.44 bits per heavy atom. The van der Waals surface area contributed by atoms with Crippen molar-refractivity contribution in [2.75, 3.05) is 0 Å². The van der Waals surface area contributed by atoms with Crippen LogP contribution in [-0.2, 0) is 4.79 Å². The molecule has 0 aliphatic heterocycles. The normalized spacial score (nSPS) is 12.1. The Bertz CT molecular complexity index is 132. The molecule has 0 aromatic rings. The topological polar surface area (TPSA) is 37.3 Å². The van der Waals surface area contributed by atoms with Crippen molar-refractivity contribution in [3.63, 3.8) is 0 Å². The molecule has 0 aromatic carbocycles. The first kappa shape index (κ1) is 8.19. The van der Waals surface area contributed by atoms with Crippen LogP contribution in [0.4, 0.5) is 0 Å². The van der Waals surface area contributed by atoms with Gasteiger partial charge in [-0.1, -0.05) is 5.92 Å². The zero-order valence-electron chi connectivity index (χ0n) is 5.42. The van der Waals surface area contributed by atoms with Crippen LogP contribution in [0.1, 0.15) is 19.8 Å².